The molecule has 0 spiro atoms. The molecule has 2 aliphatic heterocycles. The van der Waals surface area contributed by atoms with Gasteiger partial charge in [0.25, 0.3) is 5.91 Å². The minimum atomic E-state index is -3.36. The zero-order valence-electron chi connectivity index (χ0n) is 14.6. The molecule has 0 bridgehead atoms. The van der Waals surface area contributed by atoms with Gasteiger partial charge >= 0.3 is 0 Å². The number of carbonyl (C=O) groups excluding carboxylic acids is 1. The van der Waals surface area contributed by atoms with E-state index in [0.717, 1.165) is 39.0 Å². The van der Waals surface area contributed by atoms with E-state index in [1.807, 2.05) is 4.90 Å². The average molecular weight is 366 g/mol. The SMILES string of the molecule is COCCS(=O)(=O)c1ccc(C(=O)N2CC[C@@H]3CNC[C@@H]3CC2)cc1. The van der Waals surface area contributed by atoms with Crippen LogP contribution in [0.25, 0.3) is 0 Å². The third-order valence-electron chi connectivity index (χ3n) is 5.32. The largest absolute Gasteiger partial charge is 0.384 e. The summed E-state index contributed by atoms with van der Waals surface area (Å²) in [5.41, 5.74) is 0.552. The third kappa shape index (κ3) is 4.22. The number of carbonyl (C=O) groups is 1. The zero-order chi connectivity index (χ0) is 17.9. The Balaban J connectivity index is 1.66. The lowest BCUT2D eigenvalue weighted by Gasteiger charge is -2.21. The van der Waals surface area contributed by atoms with Crippen LogP contribution in [-0.4, -0.2) is 64.9 Å². The second-order valence-electron chi connectivity index (χ2n) is 6.88. The number of amides is 1. The summed E-state index contributed by atoms with van der Waals surface area (Å²) in [6.45, 7) is 3.82. The monoisotopic (exact) mass is 366 g/mol. The standard InChI is InChI=1S/C18H26N2O4S/c1-24-10-11-25(22,23)17-4-2-14(3-5-17)18(21)20-8-6-15-12-19-13-16(15)7-9-20/h2-5,15-16,19H,6-13H2,1H3/t15-,16+. The van der Waals surface area contributed by atoms with Crippen LogP contribution in [0.3, 0.4) is 0 Å². The van der Waals surface area contributed by atoms with Crippen molar-refractivity contribution in [1.29, 1.82) is 0 Å². The molecular formula is C18H26N2O4S. The van der Waals surface area contributed by atoms with Crippen molar-refractivity contribution in [3.63, 3.8) is 0 Å². The molecule has 138 valence electrons. The van der Waals surface area contributed by atoms with Crippen molar-refractivity contribution < 1.29 is 17.9 Å². The fourth-order valence-electron chi connectivity index (χ4n) is 3.72. The lowest BCUT2D eigenvalue weighted by atomic mass is 9.92. The van der Waals surface area contributed by atoms with Crippen molar-refractivity contribution >= 4 is 15.7 Å². The van der Waals surface area contributed by atoms with Gasteiger partial charge in [0.05, 0.1) is 17.3 Å². The first-order valence-electron chi connectivity index (χ1n) is 8.83. The molecular weight excluding hydrogens is 340 g/mol. The highest BCUT2D eigenvalue weighted by atomic mass is 32.2. The minimum Gasteiger partial charge on any atom is -0.384 e. The maximum Gasteiger partial charge on any atom is 0.253 e. The van der Waals surface area contributed by atoms with E-state index < -0.39 is 9.84 Å². The number of sulfone groups is 1. The first-order chi connectivity index (χ1) is 12.0. The summed E-state index contributed by atoms with van der Waals surface area (Å²) in [7, 11) is -1.89. The summed E-state index contributed by atoms with van der Waals surface area (Å²) in [6.07, 6.45) is 2.07. The molecule has 6 nitrogen and oxygen atoms in total. The first-order valence-corrected chi connectivity index (χ1v) is 10.5. The molecule has 0 saturated carbocycles. The van der Waals surface area contributed by atoms with Crippen molar-refractivity contribution in [3.05, 3.63) is 29.8 Å². The van der Waals surface area contributed by atoms with Gasteiger partial charge in [0.2, 0.25) is 0 Å². The van der Waals surface area contributed by atoms with E-state index in [2.05, 4.69) is 5.32 Å². The number of likely N-dealkylation sites (tertiary alicyclic amines) is 1. The van der Waals surface area contributed by atoms with E-state index in [4.69, 9.17) is 4.74 Å². The van der Waals surface area contributed by atoms with Crippen LogP contribution >= 0.6 is 0 Å². The fourth-order valence-corrected chi connectivity index (χ4v) is 4.89. The van der Waals surface area contributed by atoms with Crippen LogP contribution in [0.2, 0.25) is 0 Å². The highest BCUT2D eigenvalue weighted by Crippen LogP contribution is 2.27. The number of methoxy groups -OCH3 is 1. The van der Waals surface area contributed by atoms with Crippen LogP contribution in [0.4, 0.5) is 0 Å². The van der Waals surface area contributed by atoms with Gasteiger partial charge < -0.3 is 15.0 Å². The van der Waals surface area contributed by atoms with Gasteiger partial charge in [-0.15, -0.1) is 0 Å². The third-order valence-corrected chi connectivity index (χ3v) is 7.02. The highest BCUT2D eigenvalue weighted by Gasteiger charge is 2.31. The Morgan fingerprint density at radius 2 is 1.76 bits per heavy atom. The lowest BCUT2D eigenvalue weighted by molar-refractivity contribution is 0.0758. The quantitative estimate of drug-likeness (QED) is 0.847. The van der Waals surface area contributed by atoms with Crippen molar-refractivity contribution in [2.45, 2.75) is 17.7 Å². The number of hydrogen-bond acceptors (Lipinski definition) is 5. The van der Waals surface area contributed by atoms with Gasteiger partial charge in [-0.3, -0.25) is 4.79 Å². The number of nitrogens with zero attached hydrogens (tertiary/aromatic N) is 1. The summed E-state index contributed by atoms with van der Waals surface area (Å²) in [5, 5.41) is 3.43. The molecule has 1 aromatic carbocycles. The normalized spacial score (nSPS) is 24.0. The summed E-state index contributed by atoms with van der Waals surface area (Å²) < 4.78 is 29.1. The molecule has 2 aliphatic rings. The van der Waals surface area contributed by atoms with Crippen molar-refractivity contribution in [2.24, 2.45) is 11.8 Å². The first kappa shape index (κ1) is 18.4. The fraction of sp³-hybridized carbons (Fsp3) is 0.611. The molecule has 1 amide bonds. The van der Waals surface area contributed by atoms with E-state index in [9.17, 15) is 13.2 Å². The number of nitrogens with one attached hydrogen (secondary N) is 1. The molecule has 2 heterocycles. The Bertz CT molecular complexity index is 688. The summed E-state index contributed by atoms with van der Waals surface area (Å²) in [4.78, 5) is 14.9. The van der Waals surface area contributed by atoms with Gasteiger partial charge in [0.15, 0.2) is 9.84 Å². The predicted octanol–water partition coefficient (Wildman–Crippen LogP) is 1.18. The van der Waals surface area contributed by atoms with Crippen LogP contribution in [0.1, 0.15) is 23.2 Å². The molecule has 2 fully saturated rings. The summed E-state index contributed by atoms with van der Waals surface area (Å²) in [6, 6.07) is 6.29. The second kappa shape index (κ2) is 7.85. The Labute approximate surface area is 149 Å². The van der Waals surface area contributed by atoms with Gasteiger partial charge in [-0.2, -0.15) is 0 Å². The van der Waals surface area contributed by atoms with Crippen molar-refractivity contribution in [1.82, 2.24) is 10.2 Å². The molecule has 7 heteroatoms. The lowest BCUT2D eigenvalue weighted by Crippen LogP contribution is -2.32. The molecule has 1 aromatic rings. The van der Waals surface area contributed by atoms with Gasteiger partial charge in [-0.05, 0) is 62.0 Å². The Hall–Kier alpha value is -1.44. The Morgan fingerprint density at radius 1 is 1.16 bits per heavy atom. The molecule has 3 rings (SSSR count). The number of ether oxygens (including phenoxy) is 1. The molecule has 2 saturated heterocycles. The molecule has 0 unspecified atom stereocenters. The van der Waals surface area contributed by atoms with Gasteiger partial charge in [0, 0.05) is 25.8 Å². The highest BCUT2D eigenvalue weighted by molar-refractivity contribution is 7.91. The van der Waals surface area contributed by atoms with E-state index in [1.165, 1.54) is 19.2 Å². The minimum absolute atomic E-state index is 0.00577. The van der Waals surface area contributed by atoms with Crippen LogP contribution in [-0.2, 0) is 14.6 Å². The number of hydrogen-bond donors (Lipinski definition) is 1. The average Bonchev–Trinajstić information content (AvgIpc) is 2.98. The summed E-state index contributed by atoms with van der Waals surface area (Å²) in [5.74, 6) is 1.28. The van der Waals surface area contributed by atoms with E-state index in [1.54, 1.807) is 12.1 Å². The van der Waals surface area contributed by atoms with Crippen molar-refractivity contribution in [3.8, 4) is 0 Å². The van der Waals surface area contributed by atoms with Crippen molar-refractivity contribution in [2.75, 3.05) is 45.6 Å². The van der Waals surface area contributed by atoms with E-state index in [0.29, 0.717) is 17.4 Å². The van der Waals surface area contributed by atoms with Crippen LogP contribution in [0.15, 0.2) is 29.2 Å². The van der Waals surface area contributed by atoms with Crippen LogP contribution in [0.5, 0.6) is 0 Å². The van der Waals surface area contributed by atoms with Gasteiger partial charge in [0.1, 0.15) is 0 Å². The number of fused-ring (bicyclic) bond motifs is 1. The van der Waals surface area contributed by atoms with Crippen LogP contribution in [0, 0.1) is 11.8 Å². The molecule has 2 atom stereocenters. The predicted molar refractivity (Wildman–Crippen MR) is 95.4 cm³/mol. The number of benzene rings is 1. The Kier molecular flexibility index (Phi) is 5.76. The van der Waals surface area contributed by atoms with Gasteiger partial charge in [-0.25, -0.2) is 8.42 Å². The molecule has 0 radical (unpaired) electrons. The molecule has 25 heavy (non-hydrogen) atoms. The van der Waals surface area contributed by atoms with E-state index in [-0.39, 0.29) is 23.2 Å². The smallest absolute Gasteiger partial charge is 0.253 e. The maximum absolute atomic E-state index is 12.7. The van der Waals surface area contributed by atoms with Crippen LogP contribution < -0.4 is 5.32 Å². The van der Waals surface area contributed by atoms with E-state index >= 15 is 0 Å². The zero-order valence-corrected chi connectivity index (χ0v) is 15.4. The summed E-state index contributed by atoms with van der Waals surface area (Å²) >= 11 is 0. The van der Waals surface area contributed by atoms with Gasteiger partial charge in [-0.1, -0.05) is 0 Å². The number of rotatable bonds is 5. The second-order valence-corrected chi connectivity index (χ2v) is 8.99. The maximum atomic E-state index is 12.7. The molecule has 1 N–H and O–H groups in total. The Morgan fingerprint density at radius 3 is 2.32 bits per heavy atom. The topological polar surface area (TPSA) is 75.7 Å². The molecule has 0 aromatic heterocycles. The molecule has 0 aliphatic carbocycles.